The Bertz CT molecular complexity index is 1260. The molecule has 2 aromatic heterocycles. The van der Waals surface area contributed by atoms with Crippen LogP contribution < -0.4 is 5.32 Å². The van der Waals surface area contributed by atoms with Crippen LogP contribution in [0.4, 0.5) is 5.69 Å². The minimum atomic E-state index is -0.458. The van der Waals surface area contributed by atoms with E-state index in [1.165, 1.54) is 11.8 Å². The predicted octanol–water partition coefficient (Wildman–Crippen LogP) is 3.99. The van der Waals surface area contributed by atoms with Gasteiger partial charge in [0.15, 0.2) is 5.65 Å². The average molecular weight is 402 g/mol. The van der Waals surface area contributed by atoms with Crippen LogP contribution in [-0.4, -0.2) is 30.9 Å². The van der Waals surface area contributed by atoms with E-state index in [0.29, 0.717) is 16.4 Å². The summed E-state index contributed by atoms with van der Waals surface area (Å²) in [5.74, 6) is -0.225. The summed E-state index contributed by atoms with van der Waals surface area (Å²) in [5.41, 5.74) is 3.49. The van der Waals surface area contributed by atoms with Crippen molar-refractivity contribution in [2.45, 2.75) is 30.8 Å². The van der Waals surface area contributed by atoms with Crippen LogP contribution in [0.3, 0.4) is 0 Å². The van der Waals surface area contributed by atoms with E-state index in [4.69, 9.17) is 0 Å². The second-order valence-electron chi connectivity index (χ2n) is 6.43. The van der Waals surface area contributed by atoms with Crippen LogP contribution in [0.5, 0.6) is 0 Å². The molecule has 1 amide bonds. The van der Waals surface area contributed by atoms with Crippen LogP contribution in [0.2, 0.25) is 0 Å². The fourth-order valence-electron chi connectivity index (χ4n) is 3.19. The van der Waals surface area contributed by atoms with Crippen LogP contribution >= 0.6 is 11.8 Å². The number of benzene rings is 2. The number of aryl methyl sites for hydroxylation is 1. The first-order valence-electron chi connectivity index (χ1n) is 9.20. The molecule has 0 unspecified atom stereocenters. The number of nitrogens with one attached hydrogen (secondary N) is 1. The van der Waals surface area contributed by atoms with Gasteiger partial charge in [-0.3, -0.25) is 4.79 Å². The van der Waals surface area contributed by atoms with Gasteiger partial charge in [0, 0.05) is 11.9 Å². The van der Waals surface area contributed by atoms with Crippen LogP contribution in [0, 0.1) is 11.3 Å². The number of carbonyl (C=O) groups excluding carboxylic acids is 1. The Morgan fingerprint density at radius 2 is 1.97 bits per heavy atom. The molecule has 4 rings (SSSR count). The highest BCUT2D eigenvalue weighted by molar-refractivity contribution is 8.00. The number of anilines is 1. The first-order chi connectivity index (χ1) is 14.1. The largest absolute Gasteiger partial charge is 0.324 e. The minimum absolute atomic E-state index is 0.225. The SMILES string of the molecule is CCn1c2ccccc2c2nnc(S[C@H](C)C(=O)Nc3ccccc3C#N)nc21. The number of para-hydroxylation sites is 2. The molecule has 0 spiro atoms. The van der Waals surface area contributed by atoms with Gasteiger partial charge in [-0.05, 0) is 32.0 Å². The van der Waals surface area contributed by atoms with E-state index in [9.17, 15) is 10.1 Å². The average Bonchev–Trinajstić information content (AvgIpc) is 3.07. The molecule has 4 aromatic rings. The van der Waals surface area contributed by atoms with Crippen molar-refractivity contribution in [3.63, 3.8) is 0 Å². The molecule has 0 fully saturated rings. The number of amides is 1. The van der Waals surface area contributed by atoms with Crippen LogP contribution in [0.15, 0.2) is 53.7 Å². The highest BCUT2D eigenvalue weighted by Crippen LogP contribution is 2.28. The molecule has 8 heteroatoms. The van der Waals surface area contributed by atoms with E-state index in [1.807, 2.05) is 24.3 Å². The number of carbonyl (C=O) groups is 1. The standard InChI is InChI=1S/C21H18N6OS/c1-3-27-17-11-7-5-9-15(17)18-19(27)24-21(26-25-18)29-13(2)20(28)23-16-10-6-4-8-14(16)12-22/h4-11,13H,3H2,1-2H3,(H,23,28)/t13-/m1/s1. The number of nitrogens with zero attached hydrogens (tertiary/aromatic N) is 5. The van der Waals surface area contributed by atoms with Crippen molar-refractivity contribution in [3.05, 3.63) is 54.1 Å². The van der Waals surface area contributed by atoms with Crippen molar-refractivity contribution >= 4 is 45.4 Å². The van der Waals surface area contributed by atoms with Crippen molar-refractivity contribution < 1.29 is 4.79 Å². The quantitative estimate of drug-likeness (QED) is 0.507. The molecule has 144 valence electrons. The van der Waals surface area contributed by atoms with E-state index in [0.717, 1.165) is 28.6 Å². The number of fused-ring (bicyclic) bond motifs is 3. The summed E-state index contributed by atoms with van der Waals surface area (Å²) < 4.78 is 2.09. The first kappa shape index (κ1) is 18.9. The van der Waals surface area contributed by atoms with Gasteiger partial charge in [-0.15, -0.1) is 10.2 Å². The fourth-order valence-corrected chi connectivity index (χ4v) is 3.90. The van der Waals surface area contributed by atoms with Gasteiger partial charge in [0.05, 0.1) is 22.0 Å². The van der Waals surface area contributed by atoms with Crippen LogP contribution in [-0.2, 0) is 11.3 Å². The van der Waals surface area contributed by atoms with E-state index in [2.05, 4.69) is 38.1 Å². The molecule has 7 nitrogen and oxygen atoms in total. The fraction of sp³-hybridized carbons (Fsp3) is 0.190. The summed E-state index contributed by atoms with van der Waals surface area (Å²) in [6, 6.07) is 17.0. The Kier molecular flexibility index (Phi) is 5.14. The molecular formula is C21H18N6OS. The Morgan fingerprint density at radius 3 is 2.76 bits per heavy atom. The molecular weight excluding hydrogens is 384 g/mol. The predicted molar refractivity (Wildman–Crippen MR) is 114 cm³/mol. The van der Waals surface area contributed by atoms with Crippen molar-refractivity contribution in [2.24, 2.45) is 0 Å². The molecule has 2 heterocycles. The number of nitriles is 1. The highest BCUT2D eigenvalue weighted by Gasteiger charge is 2.19. The van der Waals surface area contributed by atoms with Gasteiger partial charge >= 0.3 is 0 Å². The molecule has 1 atom stereocenters. The van der Waals surface area contributed by atoms with Gasteiger partial charge in [-0.1, -0.05) is 42.1 Å². The number of thioether (sulfide) groups is 1. The summed E-state index contributed by atoms with van der Waals surface area (Å²) in [6.07, 6.45) is 0. The van der Waals surface area contributed by atoms with Crippen LogP contribution in [0.25, 0.3) is 22.1 Å². The molecule has 2 aromatic carbocycles. The Labute approximate surface area is 171 Å². The summed E-state index contributed by atoms with van der Waals surface area (Å²) in [6.45, 7) is 4.59. The lowest BCUT2D eigenvalue weighted by atomic mass is 10.2. The zero-order valence-corrected chi connectivity index (χ0v) is 16.8. The van der Waals surface area contributed by atoms with Crippen molar-refractivity contribution in [3.8, 4) is 6.07 Å². The maximum Gasteiger partial charge on any atom is 0.237 e. The summed E-state index contributed by atoms with van der Waals surface area (Å²) in [5, 5.41) is 21.6. The van der Waals surface area contributed by atoms with Crippen molar-refractivity contribution in [1.29, 1.82) is 5.26 Å². The summed E-state index contributed by atoms with van der Waals surface area (Å²) in [7, 11) is 0. The Balaban J connectivity index is 1.59. The van der Waals surface area contributed by atoms with E-state index >= 15 is 0 Å². The lowest BCUT2D eigenvalue weighted by Gasteiger charge is -2.12. The number of hydrogen-bond donors (Lipinski definition) is 1. The maximum atomic E-state index is 12.6. The molecule has 0 aliphatic rings. The normalized spacial score (nSPS) is 12.0. The van der Waals surface area contributed by atoms with Crippen molar-refractivity contribution in [1.82, 2.24) is 19.7 Å². The third-order valence-corrected chi connectivity index (χ3v) is 5.58. The summed E-state index contributed by atoms with van der Waals surface area (Å²) >= 11 is 1.24. The van der Waals surface area contributed by atoms with Crippen LogP contribution in [0.1, 0.15) is 19.4 Å². The smallest absolute Gasteiger partial charge is 0.237 e. The van der Waals surface area contributed by atoms with E-state index in [-0.39, 0.29) is 5.91 Å². The third kappa shape index (κ3) is 3.52. The molecule has 0 saturated carbocycles. The van der Waals surface area contributed by atoms with Crippen molar-refractivity contribution in [2.75, 3.05) is 5.32 Å². The van der Waals surface area contributed by atoms with E-state index in [1.54, 1.807) is 31.2 Å². The van der Waals surface area contributed by atoms with Gasteiger partial charge in [0.2, 0.25) is 11.1 Å². The number of rotatable bonds is 5. The minimum Gasteiger partial charge on any atom is -0.324 e. The molecule has 29 heavy (non-hydrogen) atoms. The Hall–Kier alpha value is -3.44. The second kappa shape index (κ2) is 7.89. The highest BCUT2D eigenvalue weighted by atomic mass is 32.2. The van der Waals surface area contributed by atoms with Gasteiger partial charge in [0.1, 0.15) is 11.6 Å². The van der Waals surface area contributed by atoms with Gasteiger partial charge in [0.25, 0.3) is 0 Å². The number of aromatic nitrogens is 4. The Morgan fingerprint density at radius 1 is 1.21 bits per heavy atom. The van der Waals surface area contributed by atoms with Gasteiger partial charge < -0.3 is 9.88 Å². The monoisotopic (exact) mass is 402 g/mol. The van der Waals surface area contributed by atoms with Gasteiger partial charge in [-0.2, -0.15) is 5.26 Å². The maximum absolute atomic E-state index is 12.6. The zero-order chi connectivity index (χ0) is 20.4. The van der Waals surface area contributed by atoms with E-state index < -0.39 is 5.25 Å². The molecule has 0 aliphatic heterocycles. The second-order valence-corrected chi connectivity index (χ2v) is 7.74. The molecule has 0 radical (unpaired) electrons. The molecule has 1 N–H and O–H groups in total. The lowest BCUT2D eigenvalue weighted by molar-refractivity contribution is -0.115. The third-order valence-electron chi connectivity index (χ3n) is 4.63. The van der Waals surface area contributed by atoms with Gasteiger partial charge in [-0.25, -0.2) is 4.98 Å². The molecule has 0 saturated heterocycles. The number of hydrogen-bond acceptors (Lipinski definition) is 6. The first-order valence-corrected chi connectivity index (χ1v) is 10.1. The zero-order valence-electron chi connectivity index (χ0n) is 16.0. The lowest BCUT2D eigenvalue weighted by Crippen LogP contribution is -2.23. The summed E-state index contributed by atoms with van der Waals surface area (Å²) in [4.78, 5) is 17.3. The topological polar surface area (TPSA) is 96.5 Å². The molecule has 0 bridgehead atoms. The molecule has 0 aliphatic carbocycles.